The molecule has 4 heteroatoms. The number of aromatic nitrogens is 2. The average molecular weight is 746 g/mol. The van der Waals surface area contributed by atoms with Crippen LogP contribution in [-0.2, 0) is 0 Å². The summed E-state index contributed by atoms with van der Waals surface area (Å²) in [5.74, 6) is 0. The van der Waals surface area contributed by atoms with Gasteiger partial charge in [0.25, 0.3) is 0 Å². The van der Waals surface area contributed by atoms with Gasteiger partial charge in [-0.1, -0.05) is 119 Å². The van der Waals surface area contributed by atoms with E-state index < -0.39 is 0 Å². The largest absolute Gasteiger partial charge is 0.309 e. The topological polar surface area (TPSA) is 9.86 Å². The molecule has 11 aromatic rings. The Kier molecular flexibility index (Phi) is 6.60. The van der Waals surface area contributed by atoms with Gasteiger partial charge < -0.3 is 9.13 Å². The van der Waals surface area contributed by atoms with Crippen molar-refractivity contribution in [3.63, 3.8) is 0 Å². The van der Waals surface area contributed by atoms with E-state index in [1.165, 1.54) is 91.7 Å². The average Bonchev–Trinajstić information content (AvgIpc) is 3.84. The molecule has 0 saturated heterocycles. The van der Waals surface area contributed by atoms with Gasteiger partial charge in [0.15, 0.2) is 0 Å². The first-order valence-electron chi connectivity index (χ1n) is 17.5. The van der Waals surface area contributed by atoms with Crippen molar-refractivity contribution < 1.29 is 0 Å². The molecule has 0 spiro atoms. The fourth-order valence-corrected chi connectivity index (χ4v) is 9.84. The zero-order valence-corrected chi connectivity index (χ0v) is 30.3. The van der Waals surface area contributed by atoms with E-state index in [4.69, 9.17) is 0 Å². The molecule has 2 nitrogen and oxygen atoms in total. The summed E-state index contributed by atoms with van der Waals surface area (Å²) in [5.41, 5.74) is 11.9. The van der Waals surface area contributed by atoms with Gasteiger partial charge in [0.05, 0.1) is 22.1 Å². The molecule has 8 aromatic carbocycles. The first-order valence-corrected chi connectivity index (χ1v) is 19.1. The maximum Gasteiger partial charge on any atom is 0.0547 e. The van der Waals surface area contributed by atoms with Gasteiger partial charge in [-0.2, -0.15) is 0 Å². The first-order chi connectivity index (χ1) is 25.7. The van der Waals surface area contributed by atoms with Crippen LogP contribution in [0.15, 0.2) is 180 Å². The molecule has 3 aromatic heterocycles. The maximum absolute atomic E-state index is 3.89. The number of benzene rings is 8. The third kappa shape index (κ3) is 4.55. The predicted octanol–water partition coefficient (Wildman–Crippen LogP) is 14.3. The minimum Gasteiger partial charge on any atom is -0.309 e. The van der Waals surface area contributed by atoms with E-state index in [2.05, 4.69) is 201 Å². The van der Waals surface area contributed by atoms with Crippen molar-refractivity contribution in [2.45, 2.75) is 0 Å². The molecule has 0 unspecified atom stereocenters. The second-order valence-corrected chi connectivity index (χ2v) is 15.5. The Morgan fingerprint density at radius 3 is 1.48 bits per heavy atom. The summed E-state index contributed by atoms with van der Waals surface area (Å²) in [5, 5.41) is 7.67. The SMILES string of the molecule is Brc1cc(-c2ccc3c4ccccc4n(-c4ccccc4)c3c2)cc(-c2ccc3c4ccccc4n(-c4ccc5c(c4)sc4ccccc45)c3c2)c1. The van der Waals surface area contributed by atoms with Crippen molar-refractivity contribution in [2.24, 2.45) is 0 Å². The van der Waals surface area contributed by atoms with Crippen molar-refractivity contribution in [2.75, 3.05) is 0 Å². The van der Waals surface area contributed by atoms with Gasteiger partial charge in [-0.05, 0) is 95.1 Å². The molecule has 0 N–H and O–H groups in total. The fraction of sp³-hybridized carbons (Fsp3) is 0. The van der Waals surface area contributed by atoms with Crippen LogP contribution in [0.5, 0.6) is 0 Å². The molecule has 244 valence electrons. The van der Waals surface area contributed by atoms with Gasteiger partial charge in [-0.25, -0.2) is 0 Å². The highest BCUT2D eigenvalue weighted by Gasteiger charge is 2.17. The fourth-order valence-electron chi connectivity index (χ4n) is 8.21. The number of hydrogen-bond acceptors (Lipinski definition) is 1. The number of halogens is 1. The number of rotatable bonds is 4. The van der Waals surface area contributed by atoms with E-state index in [1.807, 2.05) is 11.3 Å². The highest BCUT2D eigenvalue weighted by molar-refractivity contribution is 9.10. The molecule has 52 heavy (non-hydrogen) atoms. The minimum atomic E-state index is 1.06. The molecular formula is C48H29BrN2S. The van der Waals surface area contributed by atoms with Crippen molar-refractivity contribution in [3.8, 4) is 33.6 Å². The van der Waals surface area contributed by atoms with Gasteiger partial charge in [0.2, 0.25) is 0 Å². The summed E-state index contributed by atoms with van der Waals surface area (Å²) >= 11 is 5.76. The van der Waals surface area contributed by atoms with E-state index in [0.29, 0.717) is 0 Å². The van der Waals surface area contributed by atoms with Crippen molar-refractivity contribution in [1.82, 2.24) is 9.13 Å². The standard InChI is InChI=1S/C48H29BrN2S/c49-34-25-32(30-18-21-39-37-12-4-7-15-43(37)50(45(39)27-30)35-10-2-1-3-11-35)24-33(26-34)31-19-22-40-38-13-5-8-16-44(38)51(46(40)28-31)36-20-23-42-41-14-6-9-17-47(41)52-48(42)29-36/h1-29H. The summed E-state index contributed by atoms with van der Waals surface area (Å²) < 4.78 is 8.51. The molecule has 0 bridgehead atoms. The lowest BCUT2D eigenvalue weighted by molar-refractivity contribution is 1.18. The summed E-state index contributed by atoms with van der Waals surface area (Å²) in [6, 6.07) is 64.4. The Bertz CT molecular complexity index is 3200. The lowest BCUT2D eigenvalue weighted by atomic mass is 9.97. The predicted molar refractivity (Wildman–Crippen MR) is 227 cm³/mol. The van der Waals surface area contributed by atoms with Gasteiger partial charge in [0.1, 0.15) is 0 Å². The molecule has 0 aliphatic carbocycles. The Hall–Kier alpha value is -5.94. The Morgan fingerprint density at radius 1 is 0.327 bits per heavy atom. The number of nitrogens with zero attached hydrogens (tertiary/aromatic N) is 2. The molecule has 0 fully saturated rings. The van der Waals surface area contributed by atoms with Crippen LogP contribution in [0.3, 0.4) is 0 Å². The van der Waals surface area contributed by atoms with Gasteiger partial charge in [0, 0.05) is 57.6 Å². The van der Waals surface area contributed by atoms with Crippen molar-refractivity contribution in [1.29, 1.82) is 0 Å². The third-order valence-electron chi connectivity index (χ3n) is 10.5. The van der Waals surface area contributed by atoms with Crippen LogP contribution in [0.2, 0.25) is 0 Å². The molecule has 0 aliphatic rings. The van der Waals surface area contributed by atoms with Crippen LogP contribution < -0.4 is 0 Å². The Labute approximate surface area is 312 Å². The molecule has 0 radical (unpaired) electrons. The van der Waals surface area contributed by atoms with Gasteiger partial charge >= 0.3 is 0 Å². The second-order valence-electron chi connectivity index (χ2n) is 13.5. The van der Waals surface area contributed by atoms with Crippen LogP contribution in [0, 0.1) is 0 Å². The van der Waals surface area contributed by atoms with E-state index in [1.54, 1.807) is 0 Å². The summed E-state index contributed by atoms with van der Waals surface area (Å²) in [6.45, 7) is 0. The number of thiophene rings is 1. The Morgan fingerprint density at radius 2 is 0.827 bits per heavy atom. The normalized spacial score (nSPS) is 11.9. The van der Waals surface area contributed by atoms with Gasteiger partial charge in [-0.3, -0.25) is 0 Å². The number of hydrogen-bond donors (Lipinski definition) is 0. The molecule has 0 saturated carbocycles. The first kappa shape index (κ1) is 29.8. The number of fused-ring (bicyclic) bond motifs is 9. The second kappa shape index (κ2) is 11.5. The molecular weight excluding hydrogens is 717 g/mol. The highest BCUT2D eigenvalue weighted by atomic mass is 79.9. The maximum atomic E-state index is 3.89. The lowest BCUT2D eigenvalue weighted by Crippen LogP contribution is -1.94. The van der Waals surface area contributed by atoms with Crippen LogP contribution in [0.1, 0.15) is 0 Å². The summed E-state index contributed by atoms with van der Waals surface area (Å²) in [6.07, 6.45) is 0. The van der Waals surface area contributed by atoms with E-state index in [9.17, 15) is 0 Å². The van der Waals surface area contributed by atoms with Crippen LogP contribution in [-0.4, -0.2) is 9.13 Å². The van der Waals surface area contributed by atoms with Crippen molar-refractivity contribution >= 4 is 91.1 Å². The van der Waals surface area contributed by atoms with E-state index >= 15 is 0 Å². The lowest BCUT2D eigenvalue weighted by Gasteiger charge is -2.12. The summed E-state index contributed by atoms with van der Waals surface area (Å²) in [7, 11) is 0. The summed E-state index contributed by atoms with van der Waals surface area (Å²) in [4.78, 5) is 0. The molecule has 0 atom stereocenters. The minimum absolute atomic E-state index is 1.06. The Balaban J connectivity index is 1.08. The smallest absolute Gasteiger partial charge is 0.0547 e. The van der Waals surface area contributed by atoms with Crippen LogP contribution in [0.4, 0.5) is 0 Å². The van der Waals surface area contributed by atoms with Gasteiger partial charge in [-0.15, -0.1) is 11.3 Å². The van der Waals surface area contributed by atoms with Crippen LogP contribution in [0.25, 0.3) is 97.4 Å². The quantitative estimate of drug-likeness (QED) is 0.170. The van der Waals surface area contributed by atoms with E-state index in [0.717, 1.165) is 10.2 Å². The molecule has 0 aliphatic heterocycles. The monoisotopic (exact) mass is 744 g/mol. The molecule has 3 heterocycles. The zero-order valence-electron chi connectivity index (χ0n) is 27.9. The molecule has 11 rings (SSSR count). The number of para-hydroxylation sites is 3. The molecule has 0 amide bonds. The highest BCUT2D eigenvalue weighted by Crippen LogP contribution is 2.41. The van der Waals surface area contributed by atoms with E-state index in [-0.39, 0.29) is 0 Å². The van der Waals surface area contributed by atoms with Crippen LogP contribution >= 0.6 is 27.3 Å². The zero-order chi connectivity index (χ0) is 34.3. The van der Waals surface area contributed by atoms with Crippen molar-refractivity contribution in [3.05, 3.63) is 180 Å². The third-order valence-corrected chi connectivity index (χ3v) is 12.1.